The van der Waals surface area contributed by atoms with Crippen LogP contribution >= 0.6 is 11.8 Å². The third kappa shape index (κ3) is 6.03. The molecule has 0 spiro atoms. The van der Waals surface area contributed by atoms with Gasteiger partial charge in [0.15, 0.2) is 11.1 Å². The predicted molar refractivity (Wildman–Crippen MR) is 55.5 cm³/mol. The Balaban J connectivity index is 3.77. The lowest BCUT2D eigenvalue weighted by Gasteiger charge is -2.06. The molecule has 0 aromatic carbocycles. The molecule has 0 saturated carbocycles. The van der Waals surface area contributed by atoms with Crippen molar-refractivity contribution < 1.29 is 0 Å². The first-order valence-corrected chi connectivity index (χ1v) is 4.79. The SMILES string of the molecule is CCCC(C)SC(=N)N=C(N)N. The van der Waals surface area contributed by atoms with Crippen LogP contribution in [-0.2, 0) is 0 Å². The fraction of sp³-hybridized carbons (Fsp3) is 0.714. The third-order valence-electron chi connectivity index (χ3n) is 1.24. The smallest absolute Gasteiger partial charge is 0.193 e. The lowest BCUT2D eigenvalue weighted by molar-refractivity contribution is 0.790. The highest BCUT2D eigenvalue weighted by Gasteiger charge is 2.04. The molecule has 0 rings (SSSR count). The highest BCUT2D eigenvalue weighted by molar-refractivity contribution is 8.14. The molecule has 12 heavy (non-hydrogen) atoms. The van der Waals surface area contributed by atoms with Crippen LogP contribution in [0.25, 0.3) is 0 Å². The van der Waals surface area contributed by atoms with Crippen LogP contribution in [0.4, 0.5) is 0 Å². The van der Waals surface area contributed by atoms with Gasteiger partial charge in [0.2, 0.25) is 0 Å². The Bertz CT molecular complexity index is 174. The lowest BCUT2D eigenvalue weighted by atomic mass is 10.3. The van der Waals surface area contributed by atoms with Crippen LogP contribution in [-0.4, -0.2) is 16.4 Å². The van der Waals surface area contributed by atoms with Gasteiger partial charge in [0.05, 0.1) is 0 Å². The van der Waals surface area contributed by atoms with Crippen LogP contribution in [0.5, 0.6) is 0 Å². The maximum atomic E-state index is 7.34. The zero-order valence-corrected chi connectivity index (χ0v) is 8.32. The molecule has 0 saturated heterocycles. The number of aliphatic imine (C=N–C) groups is 1. The van der Waals surface area contributed by atoms with Crippen molar-refractivity contribution in [2.75, 3.05) is 0 Å². The summed E-state index contributed by atoms with van der Waals surface area (Å²) in [6.45, 7) is 4.17. The normalized spacial score (nSPS) is 12.2. The molecule has 0 radical (unpaired) electrons. The molecule has 0 aliphatic carbocycles. The highest BCUT2D eigenvalue weighted by atomic mass is 32.2. The first-order chi connectivity index (χ1) is 5.56. The largest absolute Gasteiger partial charge is 0.370 e. The first kappa shape index (κ1) is 11.3. The molecule has 4 nitrogen and oxygen atoms in total. The number of nitrogens with one attached hydrogen (secondary N) is 1. The molecule has 1 atom stereocenters. The Kier molecular flexibility index (Phi) is 5.53. The number of hydrogen-bond acceptors (Lipinski definition) is 2. The summed E-state index contributed by atoms with van der Waals surface area (Å²) in [6.07, 6.45) is 2.19. The standard InChI is InChI=1S/C7H16N4S/c1-3-4-5(2)12-7(10)11-6(8)9/h5H,3-4H2,1-2H3,(H5,8,9,10,11). The molecular weight excluding hydrogens is 172 g/mol. The zero-order valence-electron chi connectivity index (χ0n) is 7.50. The number of amidine groups is 1. The molecule has 70 valence electrons. The molecule has 0 fully saturated rings. The van der Waals surface area contributed by atoms with E-state index in [1.54, 1.807) is 0 Å². The van der Waals surface area contributed by atoms with E-state index in [2.05, 4.69) is 18.8 Å². The number of hydrogen-bond donors (Lipinski definition) is 3. The Labute approximate surface area is 77.3 Å². The second kappa shape index (κ2) is 5.88. The van der Waals surface area contributed by atoms with Crippen molar-refractivity contribution in [2.45, 2.75) is 31.9 Å². The Morgan fingerprint density at radius 1 is 1.58 bits per heavy atom. The van der Waals surface area contributed by atoms with Gasteiger partial charge in [0.25, 0.3) is 0 Å². The minimum Gasteiger partial charge on any atom is -0.370 e. The van der Waals surface area contributed by atoms with Gasteiger partial charge in [-0.1, -0.05) is 32.0 Å². The number of guanidine groups is 1. The summed E-state index contributed by atoms with van der Waals surface area (Å²) in [4.78, 5) is 3.62. The van der Waals surface area contributed by atoms with Gasteiger partial charge in [-0.25, -0.2) is 0 Å². The summed E-state index contributed by atoms with van der Waals surface area (Å²) in [5, 5.41) is 7.94. The van der Waals surface area contributed by atoms with Crippen molar-refractivity contribution in [2.24, 2.45) is 16.5 Å². The maximum absolute atomic E-state index is 7.34. The van der Waals surface area contributed by atoms with E-state index in [1.165, 1.54) is 11.8 Å². The fourth-order valence-corrected chi connectivity index (χ4v) is 1.69. The third-order valence-corrected chi connectivity index (χ3v) is 2.19. The quantitative estimate of drug-likeness (QED) is 0.458. The van der Waals surface area contributed by atoms with Crippen LogP contribution < -0.4 is 11.5 Å². The molecule has 0 aromatic heterocycles. The average Bonchev–Trinajstić information content (AvgIpc) is 1.84. The van der Waals surface area contributed by atoms with Gasteiger partial charge >= 0.3 is 0 Å². The highest BCUT2D eigenvalue weighted by Crippen LogP contribution is 2.16. The van der Waals surface area contributed by atoms with Gasteiger partial charge in [0, 0.05) is 5.25 Å². The Morgan fingerprint density at radius 3 is 2.58 bits per heavy atom. The van der Waals surface area contributed by atoms with Crippen LogP contribution in [0.1, 0.15) is 26.7 Å². The van der Waals surface area contributed by atoms with Gasteiger partial charge in [-0.2, -0.15) is 4.99 Å². The van der Waals surface area contributed by atoms with Gasteiger partial charge in [-0.3, -0.25) is 5.41 Å². The van der Waals surface area contributed by atoms with Crippen LogP contribution in [0, 0.1) is 5.41 Å². The number of nitrogens with zero attached hydrogens (tertiary/aromatic N) is 1. The molecule has 0 amide bonds. The molecule has 1 unspecified atom stereocenters. The molecule has 0 bridgehead atoms. The Hall–Kier alpha value is -0.710. The van der Waals surface area contributed by atoms with E-state index in [9.17, 15) is 0 Å². The average molecular weight is 188 g/mol. The fourth-order valence-electron chi connectivity index (χ4n) is 0.800. The van der Waals surface area contributed by atoms with Crippen LogP contribution in [0.3, 0.4) is 0 Å². The van der Waals surface area contributed by atoms with E-state index in [0.717, 1.165) is 12.8 Å². The van der Waals surface area contributed by atoms with E-state index in [-0.39, 0.29) is 11.1 Å². The minimum absolute atomic E-state index is 0.0452. The summed E-state index contributed by atoms with van der Waals surface area (Å²) in [7, 11) is 0. The minimum atomic E-state index is -0.0452. The molecule has 0 aromatic rings. The van der Waals surface area contributed by atoms with Gasteiger partial charge < -0.3 is 11.5 Å². The van der Waals surface area contributed by atoms with E-state index in [1.807, 2.05) is 0 Å². The zero-order chi connectivity index (χ0) is 9.56. The summed E-state index contributed by atoms with van der Waals surface area (Å²) in [6, 6.07) is 0. The van der Waals surface area contributed by atoms with Crippen LogP contribution in [0.2, 0.25) is 0 Å². The monoisotopic (exact) mass is 188 g/mol. The van der Waals surface area contributed by atoms with Crippen molar-refractivity contribution >= 4 is 22.9 Å². The summed E-state index contributed by atoms with van der Waals surface area (Å²) < 4.78 is 0. The second-order valence-corrected chi connectivity index (χ2v) is 3.99. The van der Waals surface area contributed by atoms with Gasteiger partial charge in [0.1, 0.15) is 0 Å². The summed E-state index contributed by atoms with van der Waals surface area (Å²) >= 11 is 1.39. The van der Waals surface area contributed by atoms with E-state index >= 15 is 0 Å². The molecule has 0 heterocycles. The second-order valence-electron chi connectivity index (χ2n) is 2.56. The van der Waals surface area contributed by atoms with Crippen molar-refractivity contribution in [3.8, 4) is 0 Å². The summed E-state index contributed by atoms with van der Waals surface area (Å²) in [5.74, 6) is -0.0452. The molecule has 0 aliphatic rings. The van der Waals surface area contributed by atoms with Gasteiger partial charge in [-0.05, 0) is 6.42 Å². The molecule has 0 aliphatic heterocycles. The van der Waals surface area contributed by atoms with E-state index < -0.39 is 0 Å². The molecular formula is C7H16N4S. The van der Waals surface area contributed by atoms with E-state index in [0.29, 0.717) is 5.25 Å². The van der Waals surface area contributed by atoms with Crippen molar-refractivity contribution in [3.05, 3.63) is 0 Å². The number of thioether (sulfide) groups is 1. The van der Waals surface area contributed by atoms with E-state index in [4.69, 9.17) is 16.9 Å². The van der Waals surface area contributed by atoms with Crippen molar-refractivity contribution in [3.63, 3.8) is 0 Å². The van der Waals surface area contributed by atoms with Crippen molar-refractivity contribution in [1.29, 1.82) is 5.41 Å². The number of rotatable bonds is 3. The topological polar surface area (TPSA) is 88.2 Å². The summed E-state index contributed by atoms with van der Waals surface area (Å²) in [5.41, 5.74) is 10.2. The van der Waals surface area contributed by atoms with Crippen LogP contribution in [0.15, 0.2) is 4.99 Å². The molecule has 5 N–H and O–H groups in total. The number of nitrogens with two attached hydrogens (primary N) is 2. The maximum Gasteiger partial charge on any atom is 0.193 e. The molecule has 5 heteroatoms. The van der Waals surface area contributed by atoms with Gasteiger partial charge in [-0.15, -0.1) is 0 Å². The Morgan fingerprint density at radius 2 is 2.17 bits per heavy atom. The predicted octanol–water partition coefficient (Wildman–Crippen LogP) is 1.12. The van der Waals surface area contributed by atoms with Crippen molar-refractivity contribution in [1.82, 2.24) is 0 Å². The lowest BCUT2D eigenvalue weighted by Crippen LogP contribution is -2.23. The first-order valence-electron chi connectivity index (χ1n) is 3.91.